The lowest BCUT2D eigenvalue weighted by molar-refractivity contribution is 0.642. The molecule has 1 nitrogen and oxygen atoms in total. The van der Waals surface area contributed by atoms with E-state index in [0.29, 0.717) is 16.9 Å². The Hall–Kier alpha value is -0.820. The van der Waals surface area contributed by atoms with Crippen LogP contribution in [0.3, 0.4) is 0 Å². The Labute approximate surface area is 97.2 Å². The first kappa shape index (κ1) is 12.3. The van der Waals surface area contributed by atoms with Crippen molar-refractivity contribution in [2.75, 3.05) is 0 Å². The molecule has 0 radical (unpaired) electrons. The molecule has 0 spiro atoms. The predicted octanol–water partition coefficient (Wildman–Crippen LogP) is 3.97. The minimum Gasteiger partial charge on any atom is -0.286 e. The second-order valence-electron chi connectivity index (χ2n) is 4.13. The summed E-state index contributed by atoms with van der Waals surface area (Å²) in [5.74, 6) is 0.893. The fraction of sp³-hybridized carbons (Fsp3) is 0.462. The van der Waals surface area contributed by atoms with Crippen molar-refractivity contribution in [2.45, 2.75) is 26.3 Å². The van der Waals surface area contributed by atoms with Crippen LogP contribution in [0.5, 0.6) is 0 Å². The minimum absolute atomic E-state index is 0.144. The lowest BCUT2D eigenvalue weighted by Gasteiger charge is -2.09. The summed E-state index contributed by atoms with van der Waals surface area (Å²) in [7, 11) is 0. The van der Waals surface area contributed by atoms with Gasteiger partial charge in [0.1, 0.15) is 0 Å². The average Bonchev–Trinajstić information content (AvgIpc) is 2.61. The predicted molar refractivity (Wildman–Crippen MR) is 68.5 cm³/mol. The Balaban J connectivity index is 2.85. The van der Waals surface area contributed by atoms with E-state index < -0.39 is 0 Å². The van der Waals surface area contributed by atoms with Gasteiger partial charge in [-0.25, -0.2) is 0 Å². The summed E-state index contributed by atoms with van der Waals surface area (Å²) in [6.07, 6.45) is 6.57. The topological polar surface area (TPSA) is 12.4 Å². The van der Waals surface area contributed by atoms with E-state index in [1.807, 2.05) is 12.2 Å². The largest absolute Gasteiger partial charge is 0.286 e. The van der Waals surface area contributed by atoms with Gasteiger partial charge in [-0.3, -0.25) is 4.99 Å². The fourth-order valence-corrected chi connectivity index (χ4v) is 1.83. The number of nitrogens with zero attached hydrogens (tertiary/aromatic N) is 1. The van der Waals surface area contributed by atoms with Crippen molar-refractivity contribution in [1.82, 2.24) is 0 Å². The third kappa shape index (κ3) is 3.07. The molecule has 1 aliphatic heterocycles. The molecule has 0 saturated carbocycles. The molecule has 0 bridgehead atoms. The van der Waals surface area contributed by atoms with Crippen LogP contribution in [0, 0.1) is 11.8 Å². The zero-order chi connectivity index (χ0) is 11.4. The molecule has 0 aromatic carbocycles. The van der Waals surface area contributed by atoms with Crippen LogP contribution in [-0.4, -0.2) is 11.8 Å². The van der Waals surface area contributed by atoms with E-state index in [-0.39, 0.29) is 6.04 Å². The number of hydrogen-bond acceptors (Lipinski definition) is 1. The number of hydrogen-bond donors (Lipinski definition) is 0. The number of halogens is 1. The van der Waals surface area contributed by atoms with Crippen LogP contribution in [-0.2, 0) is 0 Å². The Morgan fingerprint density at radius 3 is 2.67 bits per heavy atom. The summed E-state index contributed by atoms with van der Waals surface area (Å²) >= 11 is 5.93. The van der Waals surface area contributed by atoms with E-state index in [2.05, 4.69) is 32.0 Å². The zero-order valence-electron chi connectivity index (χ0n) is 9.41. The van der Waals surface area contributed by atoms with Gasteiger partial charge in [0.25, 0.3) is 0 Å². The summed E-state index contributed by atoms with van der Waals surface area (Å²) < 4.78 is 0. The van der Waals surface area contributed by atoms with Crippen molar-refractivity contribution in [2.24, 2.45) is 16.8 Å². The molecule has 0 aromatic heterocycles. The number of aliphatic imine (C=N–C) groups is 1. The number of allylic oxidation sites excluding steroid dienone is 2. The summed E-state index contributed by atoms with van der Waals surface area (Å²) in [6, 6.07) is 0.144. The number of rotatable bonds is 4. The van der Waals surface area contributed by atoms with E-state index in [9.17, 15) is 0 Å². The third-order valence-electron chi connectivity index (χ3n) is 2.69. The van der Waals surface area contributed by atoms with Crippen LogP contribution in [0.25, 0.3) is 0 Å². The van der Waals surface area contributed by atoms with E-state index in [1.54, 1.807) is 6.08 Å². The van der Waals surface area contributed by atoms with Gasteiger partial charge in [-0.15, -0.1) is 6.58 Å². The van der Waals surface area contributed by atoms with Crippen molar-refractivity contribution in [1.29, 1.82) is 0 Å². The monoisotopic (exact) mass is 223 g/mol. The van der Waals surface area contributed by atoms with Crippen LogP contribution < -0.4 is 0 Å². The van der Waals surface area contributed by atoms with Crippen molar-refractivity contribution in [3.8, 4) is 0 Å². The molecule has 1 aliphatic rings. The quantitative estimate of drug-likeness (QED) is 0.505. The molecule has 0 aromatic rings. The molecule has 0 N–H and O–H groups in total. The van der Waals surface area contributed by atoms with Crippen molar-refractivity contribution in [3.05, 3.63) is 36.4 Å². The first-order valence-corrected chi connectivity index (χ1v) is 5.65. The van der Waals surface area contributed by atoms with Gasteiger partial charge in [0.2, 0.25) is 0 Å². The molecule has 0 aliphatic carbocycles. The van der Waals surface area contributed by atoms with Gasteiger partial charge in [-0.1, -0.05) is 44.2 Å². The highest BCUT2D eigenvalue weighted by Crippen LogP contribution is 2.27. The summed E-state index contributed by atoms with van der Waals surface area (Å²) in [5, 5.41) is 0.667. The highest BCUT2D eigenvalue weighted by atomic mass is 35.5. The maximum atomic E-state index is 5.93. The standard InChI is InChI=1S/C13H18ClN/c1-5-10-7-12(9(3)4)15-13(10)8-11(14)6-2/h5-6,8-10,13H,1-2,7H2,3-4H3. The maximum Gasteiger partial charge on any atom is 0.0762 e. The lowest BCUT2D eigenvalue weighted by Crippen LogP contribution is -2.09. The van der Waals surface area contributed by atoms with E-state index in [0.717, 1.165) is 6.42 Å². The first-order chi connectivity index (χ1) is 7.08. The molecule has 82 valence electrons. The highest BCUT2D eigenvalue weighted by molar-refractivity contribution is 6.31. The molecular formula is C13H18ClN. The van der Waals surface area contributed by atoms with E-state index >= 15 is 0 Å². The third-order valence-corrected chi connectivity index (χ3v) is 2.97. The highest BCUT2D eigenvalue weighted by Gasteiger charge is 2.26. The van der Waals surface area contributed by atoms with Crippen LogP contribution in [0.4, 0.5) is 0 Å². The Kier molecular flexibility index (Phi) is 4.34. The van der Waals surface area contributed by atoms with Crippen LogP contribution >= 0.6 is 11.6 Å². The van der Waals surface area contributed by atoms with Gasteiger partial charge in [0.05, 0.1) is 6.04 Å². The summed E-state index contributed by atoms with van der Waals surface area (Å²) in [5.41, 5.74) is 1.26. The molecule has 2 heteroatoms. The second kappa shape index (κ2) is 5.32. The lowest BCUT2D eigenvalue weighted by atomic mass is 9.95. The molecular weight excluding hydrogens is 206 g/mol. The Bertz CT molecular complexity index is 312. The van der Waals surface area contributed by atoms with Crippen LogP contribution in [0.1, 0.15) is 20.3 Å². The van der Waals surface area contributed by atoms with E-state index in [1.165, 1.54) is 5.71 Å². The van der Waals surface area contributed by atoms with Crippen molar-refractivity contribution >= 4 is 17.3 Å². The van der Waals surface area contributed by atoms with Gasteiger partial charge in [-0.2, -0.15) is 0 Å². The fourth-order valence-electron chi connectivity index (χ4n) is 1.70. The average molecular weight is 224 g/mol. The summed E-state index contributed by atoms with van der Waals surface area (Å²) in [6.45, 7) is 11.8. The molecule has 2 atom stereocenters. The van der Waals surface area contributed by atoms with Crippen molar-refractivity contribution < 1.29 is 0 Å². The Morgan fingerprint density at radius 1 is 1.53 bits per heavy atom. The second-order valence-corrected chi connectivity index (χ2v) is 4.56. The van der Waals surface area contributed by atoms with Gasteiger partial charge in [0, 0.05) is 16.7 Å². The first-order valence-electron chi connectivity index (χ1n) is 5.27. The van der Waals surface area contributed by atoms with Crippen LogP contribution in [0.2, 0.25) is 0 Å². The van der Waals surface area contributed by atoms with E-state index in [4.69, 9.17) is 11.6 Å². The van der Waals surface area contributed by atoms with Gasteiger partial charge >= 0.3 is 0 Å². The molecule has 1 rings (SSSR count). The SMILES string of the molecule is C=CC(Cl)=CC1N=C(C(C)C)CC1C=C. The van der Waals surface area contributed by atoms with Gasteiger partial charge in [-0.05, 0) is 18.4 Å². The molecule has 2 unspecified atom stereocenters. The smallest absolute Gasteiger partial charge is 0.0762 e. The summed E-state index contributed by atoms with van der Waals surface area (Å²) in [4.78, 5) is 4.66. The van der Waals surface area contributed by atoms with Gasteiger partial charge in [0.15, 0.2) is 0 Å². The molecule has 15 heavy (non-hydrogen) atoms. The molecule has 1 heterocycles. The zero-order valence-corrected chi connectivity index (χ0v) is 10.2. The molecule has 0 amide bonds. The van der Waals surface area contributed by atoms with Crippen molar-refractivity contribution in [3.63, 3.8) is 0 Å². The molecule has 0 fully saturated rings. The van der Waals surface area contributed by atoms with Gasteiger partial charge < -0.3 is 0 Å². The minimum atomic E-state index is 0.144. The normalized spacial score (nSPS) is 26.7. The Morgan fingerprint density at radius 2 is 2.20 bits per heavy atom. The maximum absolute atomic E-state index is 5.93. The van der Waals surface area contributed by atoms with Crippen LogP contribution in [0.15, 0.2) is 41.4 Å². The molecule has 0 saturated heterocycles.